The van der Waals surface area contributed by atoms with Crippen LogP contribution in [-0.2, 0) is 22.7 Å². The zero-order chi connectivity index (χ0) is 23.1. The largest absolute Gasteiger partial charge is 0.383 e. The molecule has 1 heterocycles. The Labute approximate surface area is 189 Å². The topological polar surface area (TPSA) is 116 Å². The highest BCUT2D eigenvalue weighted by Gasteiger charge is 2.26. The molecule has 2 aromatic carbocycles. The summed E-state index contributed by atoms with van der Waals surface area (Å²) in [6.07, 6.45) is 1.77. The van der Waals surface area contributed by atoms with Crippen LogP contribution in [0.3, 0.4) is 0 Å². The second kappa shape index (κ2) is 10.2. The van der Waals surface area contributed by atoms with Gasteiger partial charge in [0.15, 0.2) is 0 Å². The van der Waals surface area contributed by atoms with Crippen LogP contribution in [0.5, 0.6) is 0 Å². The van der Waals surface area contributed by atoms with Gasteiger partial charge in [0.1, 0.15) is 5.82 Å². The van der Waals surface area contributed by atoms with E-state index in [-0.39, 0.29) is 24.3 Å². The Morgan fingerprint density at radius 3 is 2.34 bits per heavy atom. The lowest BCUT2D eigenvalue weighted by molar-refractivity contribution is -0.124. The number of carbonyl (C=O) groups excluding carboxylic acids is 1. The monoisotopic (exact) mass is 433 g/mol. The first kappa shape index (κ1) is 23.2. The van der Waals surface area contributed by atoms with Crippen LogP contribution in [0.15, 0.2) is 54.6 Å². The van der Waals surface area contributed by atoms with Crippen LogP contribution in [0.2, 0.25) is 0 Å². The number of benzene rings is 2. The number of rotatable bonds is 9. The highest BCUT2D eigenvalue weighted by molar-refractivity contribution is 5.95. The van der Waals surface area contributed by atoms with E-state index < -0.39 is 5.41 Å². The molecule has 0 fully saturated rings. The van der Waals surface area contributed by atoms with Gasteiger partial charge in [0, 0.05) is 16.7 Å². The van der Waals surface area contributed by atoms with E-state index in [1.54, 1.807) is 0 Å². The molecule has 3 aromatic rings. The molecule has 1 amide bonds. The second-order valence-corrected chi connectivity index (χ2v) is 8.43. The van der Waals surface area contributed by atoms with Crippen LogP contribution < -0.4 is 16.8 Å². The maximum absolute atomic E-state index is 12.6. The maximum atomic E-state index is 12.6. The van der Waals surface area contributed by atoms with E-state index in [9.17, 15) is 4.79 Å². The molecule has 0 aliphatic heterocycles. The number of ether oxygens (including phenoxy) is 1. The predicted octanol–water partition coefficient (Wildman–Crippen LogP) is 4.79. The Hall–Kier alpha value is -3.45. The summed E-state index contributed by atoms with van der Waals surface area (Å²) >= 11 is 0. The first-order valence-electron chi connectivity index (χ1n) is 10.8. The van der Waals surface area contributed by atoms with Crippen LogP contribution in [0, 0.1) is 5.41 Å². The molecule has 7 heteroatoms. The van der Waals surface area contributed by atoms with Crippen molar-refractivity contribution in [3.8, 4) is 11.1 Å². The molecule has 0 unspecified atom stereocenters. The van der Waals surface area contributed by atoms with E-state index in [2.05, 4.69) is 22.2 Å². The van der Waals surface area contributed by atoms with Crippen molar-refractivity contribution in [1.29, 1.82) is 0 Å². The highest BCUT2D eigenvalue weighted by Crippen LogP contribution is 2.31. The summed E-state index contributed by atoms with van der Waals surface area (Å²) in [5.41, 5.74) is 15.5. The molecule has 0 radical (unpaired) electrons. The number of nitrogen functional groups attached to an aromatic ring is 2. The first-order chi connectivity index (χ1) is 15.3. The van der Waals surface area contributed by atoms with Crippen molar-refractivity contribution in [1.82, 2.24) is 9.97 Å². The van der Waals surface area contributed by atoms with Crippen molar-refractivity contribution in [2.24, 2.45) is 5.41 Å². The van der Waals surface area contributed by atoms with Crippen molar-refractivity contribution in [3.63, 3.8) is 0 Å². The molecule has 0 atom stereocenters. The van der Waals surface area contributed by atoms with Crippen molar-refractivity contribution in [3.05, 3.63) is 65.9 Å². The summed E-state index contributed by atoms with van der Waals surface area (Å²) in [5, 5.41) is 2.99. The Bertz CT molecular complexity index is 1050. The molecular weight excluding hydrogens is 402 g/mol. The first-order valence-corrected chi connectivity index (χ1v) is 10.8. The molecule has 32 heavy (non-hydrogen) atoms. The average molecular weight is 434 g/mol. The number of hydrogen-bond donors (Lipinski definition) is 3. The fourth-order valence-corrected chi connectivity index (χ4v) is 3.56. The fraction of sp³-hybridized carbons (Fsp3) is 0.320. The molecule has 0 aliphatic carbocycles. The van der Waals surface area contributed by atoms with E-state index in [0.29, 0.717) is 17.9 Å². The van der Waals surface area contributed by atoms with Crippen molar-refractivity contribution in [2.45, 2.75) is 46.8 Å². The van der Waals surface area contributed by atoms with Crippen molar-refractivity contribution in [2.75, 3.05) is 16.8 Å². The third kappa shape index (κ3) is 5.82. The highest BCUT2D eigenvalue weighted by atomic mass is 16.5. The van der Waals surface area contributed by atoms with Gasteiger partial charge >= 0.3 is 0 Å². The van der Waals surface area contributed by atoms with Gasteiger partial charge in [-0.3, -0.25) is 4.79 Å². The maximum Gasteiger partial charge on any atom is 0.230 e. The zero-order valence-corrected chi connectivity index (χ0v) is 18.9. The number of nitrogens with one attached hydrogen (secondary N) is 1. The lowest BCUT2D eigenvalue weighted by atomic mass is 9.87. The van der Waals surface area contributed by atoms with Gasteiger partial charge in [0.05, 0.1) is 18.9 Å². The molecule has 7 nitrogen and oxygen atoms in total. The summed E-state index contributed by atoms with van der Waals surface area (Å²) in [6, 6.07) is 17.4. The molecular formula is C25H31N5O2. The van der Waals surface area contributed by atoms with Crippen molar-refractivity contribution >= 4 is 23.4 Å². The Morgan fingerprint density at radius 1 is 1.00 bits per heavy atom. The normalized spacial score (nSPS) is 11.3. The molecule has 0 aliphatic rings. The van der Waals surface area contributed by atoms with Crippen LogP contribution in [0.1, 0.15) is 44.9 Å². The Balaban J connectivity index is 1.77. The van der Waals surface area contributed by atoms with Crippen LogP contribution in [-0.4, -0.2) is 15.9 Å². The van der Waals surface area contributed by atoms with Crippen LogP contribution in [0.25, 0.3) is 11.1 Å². The standard InChI is InChI=1S/C25H31N5O2/c1-4-14-25(2,3)23(31)28-19-12-10-18(11-13-19)21-20(29-24(27)30-22(21)26)16-32-15-17-8-6-5-7-9-17/h5-13H,4,14-16H2,1-3H3,(H,28,31)(H4,26,27,29,30). The quantitative estimate of drug-likeness (QED) is 0.447. The number of aromatic nitrogens is 2. The summed E-state index contributed by atoms with van der Waals surface area (Å²) in [7, 11) is 0. The molecule has 0 saturated heterocycles. The van der Waals surface area contributed by atoms with E-state index in [0.717, 1.165) is 29.7 Å². The lowest BCUT2D eigenvalue weighted by Gasteiger charge is -2.23. The molecule has 0 bridgehead atoms. The van der Waals surface area contributed by atoms with Crippen LogP contribution >= 0.6 is 0 Å². The van der Waals surface area contributed by atoms with Gasteiger partial charge in [-0.25, -0.2) is 4.98 Å². The third-order valence-electron chi connectivity index (χ3n) is 5.30. The molecule has 5 N–H and O–H groups in total. The smallest absolute Gasteiger partial charge is 0.230 e. The van der Waals surface area contributed by atoms with Gasteiger partial charge in [-0.2, -0.15) is 4.98 Å². The number of nitrogens with zero attached hydrogens (tertiary/aromatic N) is 2. The fourth-order valence-electron chi connectivity index (χ4n) is 3.56. The van der Waals surface area contributed by atoms with Gasteiger partial charge < -0.3 is 21.5 Å². The lowest BCUT2D eigenvalue weighted by Crippen LogP contribution is -2.30. The SMILES string of the molecule is CCCC(C)(C)C(=O)Nc1ccc(-c2c(N)nc(N)nc2COCc2ccccc2)cc1. The minimum Gasteiger partial charge on any atom is -0.383 e. The van der Waals surface area contributed by atoms with Gasteiger partial charge in [-0.1, -0.05) is 69.7 Å². The number of hydrogen-bond acceptors (Lipinski definition) is 6. The number of nitrogens with two attached hydrogens (primary N) is 2. The number of amides is 1. The van der Waals surface area contributed by atoms with E-state index in [4.69, 9.17) is 16.2 Å². The third-order valence-corrected chi connectivity index (χ3v) is 5.30. The number of anilines is 3. The van der Waals surface area contributed by atoms with E-state index >= 15 is 0 Å². The zero-order valence-electron chi connectivity index (χ0n) is 18.9. The second-order valence-electron chi connectivity index (χ2n) is 8.43. The molecule has 0 spiro atoms. The van der Waals surface area contributed by atoms with Crippen molar-refractivity contribution < 1.29 is 9.53 Å². The molecule has 0 saturated carbocycles. The van der Waals surface area contributed by atoms with E-state index in [1.807, 2.05) is 68.4 Å². The molecule has 168 valence electrons. The Morgan fingerprint density at radius 2 is 1.69 bits per heavy atom. The Kier molecular flexibility index (Phi) is 7.43. The average Bonchev–Trinajstić information content (AvgIpc) is 2.75. The van der Waals surface area contributed by atoms with Crippen LogP contribution in [0.4, 0.5) is 17.5 Å². The molecule has 1 aromatic heterocycles. The predicted molar refractivity (Wildman–Crippen MR) is 129 cm³/mol. The summed E-state index contributed by atoms with van der Waals surface area (Å²) in [6.45, 7) is 6.67. The van der Waals surface area contributed by atoms with Gasteiger partial charge in [-0.05, 0) is 29.7 Å². The summed E-state index contributed by atoms with van der Waals surface area (Å²) < 4.78 is 5.86. The van der Waals surface area contributed by atoms with E-state index in [1.165, 1.54) is 0 Å². The summed E-state index contributed by atoms with van der Waals surface area (Å²) in [5.74, 6) is 0.390. The van der Waals surface area contributed by atoms with Gasteiger partial charge in [-0.15, -0.1) is 0 Å². The van der Waals surface area contributed by atoms with Gasteiger partial charge in [0.25, 0.3) is 0 Å². The summed E-state index contributed by atoms with van der Waals surface area (Å²) in [4.78, 5) is 21.1. The van der Waals surface area contributed by atoms with Gasteiger partial charge in [0.2, 0.25) is 11.9 Å². The molecule has 3 rings (SSSR count). The number of carbonyl (C=O) groups is 1. The minimum absolute atomic E-state index is 0.00238. The minimum atomic E-state index is -0.425.